The normalized spacial score (nSPS) is 26.6. The summed E-state index contributed by atoms with van der Waals surface area (Å²) < 4.78 is 20.2. The Kier molecular flexibility index (Phi) is 34.2. The average molecular weight is 1770 g/mol. The van der Waals surface area contributed by atoms with Crippen LogP contribution in [0.25, 0.3) is 33.1 Å². The molecule has 3 aromatic carbocycles. The van der Waals surface area contributed by atoms with E-state index in [1.54, 1.807) is 13.8 Å². The third kappa shape index (κ3) is 22.5. The number of ether oxygens (including phenoxy) is 3. The van der Waals surface area contributed by atoms with E-state index in [9.17, 15) is 43.5 Å². The minimum Gasteiger partial charge on any atom is -0.480 e. The lowest BCUT2D eigenvalue weighted by atomic mass is 9.88. The number of nitrogens with one attached hydrogen (secondary N) is 1. The molecular formula is C96H143Cl2N15O12. The lowest BCUT2D eigenvalue weighted by Crippen LogP contribution is -2.57. The molecule has 0 radical (unpaired) electrons. The number of anilines is 2. The Morgan fingerprint density at radius 2 is 0.688 bits per heavy atom. The van der Waals surface area contributed by atoms with Gasteiger partial charge in [-0.15, -0.1) is 12.4 Å². The van der Waals surface area contributed by atoms with Crippen molar-refractivity contribution in [1.82, 2.24) is 48.7 Å². The zero-order chi connectivity index (χ0) is 86.5. The Balaban J connectivity index is 0.000000154. The van der Waals surface area contributed by atoms with Gasteiger partial charge in [-0.2, -0.15) is 0 Å². The molecule has 9 atom stereocenters. The van der Waals surface area contributed by atoms with Gasteiger partial charge in [0.2, 0.25) is 0 Å². The number of carbonyl (C=O) groups is 5. The van der Waals surface area contributed by atoms with Gasteiger partial charge in [0.25, 0.3) is 16.7 Å². The van der Waals surface area contributed by atoms with Crippen LogP contribution in [0.2, 0.25) is 5.15 Å². The number of nitrogens with two attached hydrogens (primary N) is 3. The average Bonchev–Trinajstić information content (AvgIpc) is 1.73. The summed E-state index contributed by atoms with van der Waals surface area (Å²) >= 11 is 6.23. The molecule has 12 fully saturated rings. The molecule has 8 N–H and O–H groups in total. The second-order valence-electron chi connectivity index (χ2n) is 37.7. The molecule has 29 heteroatoms. The number of benzene rings is 3. The molecule has 9 saturated heterocycles. The molecule has 12 aliphatic rings. The molecule has 688 valence electrons. The van der Waals surface area contributed by atoms with Crippen molar-refractivity contribution in [3.63, 3.8) is 0 Å². The lowest BCUT2D eigenvalue weighted by molar-refractivity contribution is -0.156. The van der Waals surface area contributed by atoms with Crippen molar-refractivity contribution in [2.45, 2.75) is 375 Å². The fraction of sp³-hybridized carbons (Fsp3) is 0.698. The second-order valence-corrected chi connectivity index (χ2v) is 38.0. The zero-order valence-electron chi connectivity index (χ0n) is 74.0. The molecule has 3 aromatic heterocycles. The third-order valence-electron chi connectivity index (χ3n) is 29.7. The van der Waals surface area contributed by atoms with Crippen LogP contribution in [0.5, 0.6) is 0 Å². The van der Waals surface area contributed by atoms with E-state index in [4.69, 9.17) is 48.2 Å². The van der Waals surface area contributed by atoms with E-state index < -0.39 is 34.5 Å². The van der Waals surface area contributed by atoms with Gasteiger partial charge in [-0.3, -0.25) is 53.1 Å². The minimum absolute atomic E-state index is 0. The van der Waals surface area contributed by atoms with Gasteiger partial charge in [0.15, 0.2) is 16.8 Å². The van der Waals surface area contributed by atoms with Crippen LogP contribution in [0.15, 0.2) is 87.2 Å². The van der Waals surface area contributed by atoms with Gasteiger partial charge in [-0.1, -0.05) is 152 Å². The molecule has 125 heavy (non-hydrogen) atoms. The first-order valence-corrected chi connectivity index (χ1v) is 47.7. The Bertz CT molecular complexity index is 4730. The van der Waals surface area contributed by atoms with Gasteiger partial charge >= 0.3 is 29.8 Å². The van der Waals surface area contributed by atoms with Crippen molar-refractivity contribution in [3.8, 4) is 0 Å². The van der Waals surface area contributed by atoms with Crippen molar-refractivity contribution in [3.05, 3.63) is 109 Å². The summed E-state index contributed by atoms with van der Waals surface area (Å²) in [7, 11) is 0. The van der Waals surface area contributed by atoms with Crippen molar-refractivity contribution in [1.29, 1.82) is 0 Å². The highest BCUT2D eigenvalue weighted by Gasteiger charge is 2.50. The number of halogens is 2. The SMILES string of the molecule is C.CC(=O)OC(C)=O.CCOC(=O)C1(N)CCN(c2nc3ccccc3n(C3C[C@H]4CC[C@@H](C3)N4C3CCCCCCC3)c2=O)CC1.CCOC(=O)C1(N)CCNCC1.Cl.NC1(C(=O)O)CCN(c2nc3ccccc3n(C3C[C@H]4CC[C@@H](C3)N4C3CCCCCCC3)c2=O)CC1.O=c1c(Cl)nc2ccccc2n1C1C[C@H]2CC[C@@H](C1)N2C1CCCCCCC1. The van der Waals surface area contributed by atoms with Crippen molar-refractivity contribution in [2.75, 3.05) is 62.3 Å². The molecule has 0 amide bonds. The first-order valence-electron chi connectivity index (χ1n) is 47.3. The molecule has 6 aromatic rings. The summed E-state index contributed by atoms with van der Waals surface area (Å²) in [4.78, 5) is 123. The van der Waals surface area contributed by atoms with Crippen molar-refractivity contribution >= 4 is 98.6 Å². The van der Waals surface area contributed by atoms with Crippen LogP contribution >= 0.6 is 24.0 Å². The molecule has 27 nitrogen and oxygen atoms in total. The summed E-state index contributed by atoms with van der Waals surface area (Å²) in [5.74, 6) is -1.76. The number of aliphatic carboxylic acids is 1. The van der Waals surface area contributed by atoms with Crippen LogP contribution in [0.4, 0.5) is 11.6 Å². The van der Waals surface area contributed by atoms with Crippen LogP contribution in [-0.4, -0.2) is 202 Å². The summed E-state index contributed by atoms with van der Waals surface area (Å²) in [6.45, 7) is 10.2. The predicted molar refractivity (Wildman–Crippen MR) is 495 cm³/mol. The molecule has 3 saturated carbocycles. The summed E-state index contributed by atoms with van der Waals surface area (Å²) in [6, 6.07) is 30.2. The molecule has 6 bridgehead atoms. The van der Waals surface area contributed by atoms with E-state index in [0.29, 0.717) is 132 Å². The number of hydrogen-bond acceptors (Lipinski definition) is 23. The predicted octanol–water partition coefficient (Wildman–Crippen LogP) is 14.7. The van der Waals surface area contributed by atoms with E-state index >= 15 is 0 Å². The highest BCUT2D eigenvalue weighted by Crippen LogP contribution is 2.48. The maximum Gasteiger partial charge on any atom is 0.326 e. The summed E-state index contributed by atoms with van der Waals surface area (Å²) in [5, 5.41) is 12.8. The quantitative estimate of drug-likeness (QED) is 0.0407. The Morgan fingerprint density at radius 3 is 0.984 bits per heavy atom. The number of carboxylic acids is 1. The first-order chi connectivity index (χ1) is 59.5. The van der Waals surface area contributed by atoms with Gasteiger partial charge < -0.3 is 65.3 Å². The Hall–Kier alpha value is -7.47. The van der Waals surface area contributed by atoms with Gasteiger partial charge in [-0.25, -0.2) is 15.0 Å². The van der Waals surface area contributed by atoms with Crippen molar-refractivity contribution in [2.24, 2.45) is 17.2 Å². The highest BCUT2D eigenvalue weighted by molar-refractivity contribution is 6.29. The van der Waals surface area contributed by atoms with Crippen molar-refractivity contribution < 1.29 is 43.3 Å². The summed E-state index contributed by atoms with van der Waals surface area (Å²) in [6.07, 6.45) is 45.4. The number of aromatic nitrogens is 6. The number of nitrogens with zero attached hydrogens (tertiary/aromatic N) is 11. The van der Waals surface area contributed by atoms with Gasteiger partial charge in [-0.05, 0) is 217 Å². The Morgan fingerprint density at radius 1 is 0.408 bits per heavy atom. The fourth-order valence-electron chi connectivity index (χ4n) is 23.6. The van der Waals surface area contributed by atoms with E-state index in [1.165, 1.54) is 187 Å². The maximum absolute atomic E-state index is 14.2. The van der Waals surface area contributed by atoms with E-state index in [2.05, 4.69) is 40.4 Å². The number of carbonyl (C=O) groups excluding carboxylic acids is 4. The summed E-state index contributed by atoms with van der Waals surface area (Å²) in [5.41, 5.74) is 20.6. The molecule has 9 aliphatic heterocycles. The van der Waals surface area contributed by atoms with E-state index in [1.807, 2.05) is 85.7 Å². The van der Waals surface area contributed by atoms with Crippen LogP contribution in [0, 0.1) is 0 Å². The van der Waals surface area contributed by atoms with Gasteiger partial charge in [0, 0.05) is 113 Å². The number of esters is 4. The third-order valence-corrected chi connectivity index (χ3v) is 29.9. The molecule has 3 unspecified atom stereocenters. The number of para-hydroxylation sites is 6. The smallest absolute Gasteiger partial charge is 0.326 e. The lowest BCUT2D eigenvalue weighted by Gasteiger charge is -2.45. The van der Waals surface area contributed by atoms with Crippen LogP contribution in [0.3, 0.4) is 0 Å². The van der Waals surface area contributed by atoms with Gasteiger partial charge in [0.05, 0.1) is 46.3 Å². The highest BCUT2D eigenvalue weighted by atomic mass is 35.5. The largest absolute Gasteiger partial charge is 0.480 e. The van der Waals surface area contributed by atoms with Crippen LogP contribution < -0.4 is 49.0 Å². The van der Waals surface area contributed by atoms with E-state index in [-0.39, 0.29) is 71.7 Å². The van der Waals surface area contributed by atoms with Gasteiger partial charge in [0.1, 0.15) is 16.6 Å². The number of carboxylic acid groups (broad SMARTS) is 1. The number of piperidine rings is 6. The minimum atomic E-state index is -1.23. The molecule has 12 heterocycles. The molecule has 0 spiro atoms. The van der Waals surface area contributed by atoms with E-state index in [0.717, 1.165) is 96.8 Å². The molecular weight excluding hydrogens is 1630 g/mol. The molecule has 3 aliphatic carbocycles. The fourth-order valence-corrected chi connectivity index (χ4v) is 23.7. The first kappa shape index (κ1) is 96.6. The van der Waals surface area contributed by atoms with Crippen LogP contribution in [-0.2, 0) is 38.2 Å². The number of fused-ring (bicyclic) bond motifs is 9. The Labute approximate surface area is 749 Å². The maximum atomic E-state index is 14.2. The van der Waals surface area contributed by atoms with Crippen LogP contribution in [0.1, 0.15) is 304 Å². The topological polar surface area (TPSA) is 344 Å². The zero-order valence-corrected chi connectivity index (χ0v) is 75.5. The second kappa shape index (κ2) is 44.2. The standard InChI is InChI=1S/C31H45N5O3.C29H41N5O3.C23H30ClN3O.C8H16N2O2.C4H6O3.CH4.ClH/c1-2-39-30(38)31(32)16-18-34(19-17-31)28-29(37)36(27-13-9-8-12-26(27)33-28)25-20-23-14-15-24(21-25)35(23)22-10-6-4-3-5-7-11-22;30-29(28(36)37)14-16-32(17-15-29)26-27(35)34(25-11-7-6-10-24(25)31-26)23-18-21-12-13-22(19-23)33(21)20-8-4-2-1-3-5-9-20;24-22-23(28)27(21-11-7-6-10-20(21)25-22)19-14-17-12-13-18(15-19)26(17)16-8-4-2-1-3-5-9-16;1-2-12-7(11)8(9)3-5-10-6-4-8;1-3(5)7-4(2)6;;/h8-9,12-13,22-25H,2-7,10-11,14-21,32H2,1H3;6-7,10-11,20-23H,1-5,8-9,12-19,30H2,(H,36,37);6-7,10-11,16-19H,1-5,8-9,12-15H2;10H,2-6,9H2,1H3;1-2H3;1H4;1H/t23-,24+,25?;21-,22+,23?;17-,18+,19?;;;;. The molecule has 18 rings (SSSR count). The monoisotopic (exact) mass is 1770 g/mol. The number of rotatable bonds is 13. The number of hydrogen-bond donors (Lipinski definition) is 5.